The van der Waals surface area contributed by atoms with Gasteiger partial charge in [0.15, 0.2) is 0 Å². The van der Waals surface area contributed by atoms with Crippen molar-refractivity contribution in [1.82, 2.24) is 4.90 Å². The number of unbranched alkanes of at least 4 members (excludes halogenated alkanes) is 5. The highest BCUT2D eigenvalue weighted by Gasteiger charge is 2.21. The van der Waals surface area contributed by atoms with E-state index >= 15 is 0 Å². The second-order valence-electron chi connectivity index (χ2n) is 5.74. The van der Waals surface area contributed by atoms with Crippen molar-refractivity contribution in [3.05, 3.63) is 0 Å². The second-order valence-corrected chi connectivity index (χ2v) is 7.21. The van der Waals surface area contributed by atoms with Crippen LogP contribution in [0.2, 0.25) is 0 Å². The van der Waals surface area contributed by atoms with Gasteiger partial charge in [0.2, 0.25) is 0 Å². The molecule has 1 rings (SSSR count). The maximum absolute atomic E-state index is 9.19. The number of nitrogens with zero attached hydrogens (tertiary/aromatic N) is 1. The largest absolute Gasteiger partial charge is 0.300 e. The van der Waals surface area contributed by atoms with Gasteiger partial charge < -0.3 is 4.90 Å². The summed E-state index contributed by atoms with van der Waals surface area (Å²) in [6, 6.07) is 0.917. The van der Waals surface area contributed by atoms with Gasteiger partial charge in [0, 0.05) is 6.04 Å². The van der Waals surface area contributed by atoms with E-state index in [1.54, 1.807) is 0 Å². The third-order valence-electron chi connectivity index (χ3n) is 3.77. The van der Waals surface area contributed by atoms with Crippen LogP contribution in [0.3, 0.4) is 0 Å². The molecule has 5 heteroatoms. The minimum Gasteiger partial charge on any atom is -0.300 e. The quantitative estimate of drug-likeness (QED) is 0.548. The number of hydrogen-bond donors (Lipinski definition) is 1. The fraction of sp³-hybridized carbons (Fsp3) is 1.00. The molecule has 4 nitrogen and oxygen atoms in total. The van der Waals surface area contributed by atoms with Crippen LogP contribution < -0.4 is 0 Å². The zero-order valence-corrected chi connectivity index (χ0v) is 14.3. The summed E-state index contributed by atoms with van der Waals surface area (Å²) in [5, 5.41) is 0. The summed E-state index contributed by atoms with van der Waals surface area (Å²) in [7, 11) is -3.67. The standard InChI is InChI=1S/C14H29N.CH4O3S/c1-3-5-6-7-8-9-12-15-13-10-11-14(15)4-2;1-5(2,3)4/h14H,3-13H2,1-2H3;1H3,(H,2,3,4). The average Bonchev–Trinajstić information content (AvgIpc) is 2.79. The lowest BCUT2D eigenvalue weighted by Crippen LogP contribution is -2.29. The highest BCUT2D eigenvalue weighted by atomic mass is 32.2. The van der Waals surface area contributed by atoms with Gasteiger partial charge in [-0.05, 0) is 38.8 Å². The maximum Gasteiger partial charge on any atom is 0.261 e. The highest BCUT2D eigenvalue weighted by Crippen LogP contribution is 2.20. The monoisotopic (exact) mass is 307 g/mol. The second kappa shape index (κ2) is 11.5. The molecule has 1 N–H and O–H groups in total. The van der Waals surface area contributed by atoms with Crippen LogP contribution in [0.25, 0.3) is 0 Å². The summed E-state index contributed by atoms with van der Waals surface area (Å²) in [5.41, 5.74) is 0. The molecule has 1 saturated heterocycles. The lowest BCUT2D eigenvalue weighted by molar-refractivity contribution is 0.242. The maximum atomic E-state index is 9.19. The molecule has 1 unspecified atom stereocenters. The lowest BCUT2D eigenvalue weighted by Gasteiger charge is -2.22. The molecule has 1 aliphatic rings. The van der Waals surface area contributed by atoms with Gasteiger partial charge in [-0.15, -0.1) is 0 Å². The Morgan fingerprint density at radius 2 is 1.65 bits per heavy atom. The van der Waals surface area contributed by atoms with Crippen LogP contribution in [0.5, 0.6) is 0 Å². The lowest BCUT2D eigenvalue weighted by atomic mass is 10.1. The van der Waals surface area contributed by atoms with Crippen molar-refractivity contribution in [3.63, 3.8) is 0 Å². The molecule has 0 radical (unpaired) electrons. The van der Waals surface area contributed by atoms with Crippen molar-refractivity contribution in [3.8, 4) is 0 Å². The molecule has 20 heavy (non-hydrogen) atoms. The van der Waals surface area contributed by atoms with Crippen LogP contribution in [-0.4, -0.2) is 43.3 Å². The Bertz CT molecular complexity index is 309. The highest BCUT2D eigenvalue weighted by molar-refractivity contribution is 7.85. The third kappa shape index (κ3) is 12.9. The zero-order chi connectivity index (χ0) is 15.4. The molecule has 0 aromatic carbocycles. The molecule has 0 aromatic heterocycles. The minimum atomic E-state index is -3.67. The minimum absolute atomic E-state index is 0.715. The van der Waals surface area contributed by atoms with E-state index < -0.39 is 10.1 Å². The van der Waals surface area contributed by atoms with Crippen molar-refractivity contribution in [1.29, 1.82) is 0 Å². The van der Waals surface area contributed by atoms with Crippen LogP contribution >= 0.6 is 0 Å². The van der Waals surface area contributed by atoms with Gasteiger partial charge in [-0.2, -0.15) is 8.42 Å². The Morgan fingerprint density at radius 3 is 2.20 bits per heavy atom. The fourth-order valence-corrected chi connectivity index (χ4v) is 2.75. The average molecular weight is 308 g/mol. The van der Waals surface area contributed by atoms with Crippen molar-refractivity contribution in [2.45, 2.75) is 77.7 Å². The van der Waals surface area contributed by atoms with E-state index in [0.717, 1.165) is 6.04 Å². The van der Waals surface area contributed by atoms with E-state index in [1.165, 1.54) is 70.9 Å². The molecule has 0 saturated carbocycles. The molecule has 122 valence electrons. The first kappa shape index (κ1) is 19.9. The Labute approximate surface area is 125 Å². The Balaban J connectivity index is 0.000000621. The third-order valence-corrected chi connectivity index (χ3v) is 3.77. The van der Waals surface area contributed by atoms with Crippen LogP contribution in [0, 0.1) is 0 Å². The Kier molecular flexibility index (Phi) is 11.4. The molecule has 1 fully saturated rings. The van der Waals surface area contributed by atoms with E-state index in [2.05, 4.69) is 18.7 Å². The van der Waals surface area contributed by atoms with Gasteiger partial charge in [0.1, 0.15) is 0 Å². The molecule has 1 heterocycles. The van der Waals surface area contributed by atoms with Crippen LogP contribution in [0.1, 0.15) is 71.6 Å². The first-order chi connectivity index (χ1) is 9.38. The smallest absolute Gasteiger partial charge is 0.261 e. The van der Waals surface area contributed by atoms with Gasteiger partial charge >= 0.3 is 0 Å². The van der Waals surface area contributed by atoms with Crippen molar-refractivity contribution >= 4 is 10.1 Å². The summed E-state index contributed by atoms with van der Waals surface area (Å²) in [5.74, 6) is 0. The Hall–Kier alpha value is -0.130. The predicted octanol–water partition coefficient (Wildman–Crippen LogP) is 3.73. The summed E-state index contributed by atoms with van der Waals surface area (Å²) >= 11 is 0. The van der Waals surface area contributed by atoms with Gasteiger partial charge in [0.05, 0.1) is 6.26 Å². The van der Waals surface area contributed by atoms with E-state index in [0.29, 0.717) is 6.26 Å². The van der Waals surface area contributed by atoms with Crippen LogP contribution in [0.15, 0.2) is 0 Å². The molecular formula is C15H33NO3S. The topological polar surface area (TPSA) is 57.6 Å². The van der Waals surface area contributed by atoms with Crippen molar-refractivity contribution < 1.29 is 13.0 Å². The number of hydrogen-bond acceptors (Lipinski definition) is 3. The van der Waals surface area contributed by atoms with Gasteiger partial charge in [-0.25, -0.2) is 0 Å². The normalized spacial score (nSPS) is 19.7. The summed E-state index contributed by atoms with van der Waals surface area (Å²) in [6.07, 6.45) is 13.5. The van der Waals surface area contributed by atoms with Gasteiger partial charge in [-0.1, -0.05) is 46.0 Å². The molecule has 0 aliphatic carbocycles. The van der Waals surface area contributed by atoms with Crippen molar-refractivity contribution in [2.24, 2.45) is 0 Å². The molecule has 0 aromatic rings. The van der Waals surface area contributed by atoms with E-state index in [-0.39, 0.29) is 0 Å². The van der Waals surface area contributed by atoms with E-state index in [1.807, 2.05) is 0 Å². The Morgan fingerprint density at radius 1 is 1.10 bits per heavy atom. The molecule has 0 spiro atoms. The molecule has 0 amide bonds. The van der Waals surface area contributed by atoms with Gasteiger partial charge in [-0.3, -0.25) is 4.55 Å². The van der Waals surface area contributed by atoms with E-state index in [4.69, 9.17) is 4.55 Å². The first-order valence-corrected chi connectivity index (χ1v) is 9.89. The summed E-state index contributed by atoms with van der Waals surface area (Å²) in [6.45, 7) is 7.36. The molecule has 1 atom stereocenters. The van der Waals surface area contributed by atoms with Crippen molar-refractivity contribution in [2.75, 3.05) is 19.3 Å². The first-order valence-electron chi connectivity index (χ1n) is 8.05. The number of rotatable bonds is 8. The van der Waals surface area contributed by atoms with Crippen LogP contribution in [-0.2, 0) is 10.1 Å². The zero-order valence-electron chi connectivity index (χ0n) is 13.5. The molecule has 0 bridgehead atoms. The molecule has 1 aliphatic heterocycles. The summed E-state index contributed by atoms with van der Waals surface area (Å²) in [4.78, 5) is 2.72. The van der Waals surface area contributed by atoms with Gasteiger partial charge in [0.25, 0.3) is 10.1 Å². The van der Waals surface area contributed by atoms with Crippen LogP contribution in [0.4, 0.5) is 0 Å². The number of likely N-dealkylation sites (tertiary alicyclic amines) is 1. The summed E-state index contributed by atoms with van der Waals surface area (Å²) < 4.78 is 25.9. The SMILES string of the molecule is CCCCCCCCN1CCCC1CC.CS(=O)(=O)O. The fourth-order valence-electron chi connectivity index (χ4n) is 2.75. The predicted molar refractivity (Wildman–Crippen MR) is 85.7 cm³/mol. The molecular weight excluding hydrogens is 274 g/mol. The van der Waals surface area contributed by atoms with E-state index in [9.17, 15) is 8.42 Å².